The quantitative estimate of drug-likeness (QED) is 0.732. The van der Waals surface area contributed by atoms with Gasteiger partial charge in [-0.05, 0) is 25.0 Å². The van der Waals surface area contributed by atoms with E-state index >= 15 is 0 Å². The van der Waals surface area contributed by atoms with Gasteiger partial charge in [-0.3, -0.25) is 9.59 Å². The summed E-state index contributed by atoms with van der Waals surface area (Å²) >= 11 is 0. The van der Waals surface area contributed by atoms with Crippen LogP contribution >= 0.6 is 0 Å². The summed E-state index contributed by atoms with van der Waals surface area (Å²) in [6.45, 7) is 3.69. The molecule has 92 valence electrons. The van der Waals surface area contributed by atoms with Gasteiger partial charge in [-0.25, -0.2) is 0 Å². The van der Waals surface area contributed by atoms with Crippen LogP contribution in [0.1, 0.15) is 34.8 Å². The van der Waals surface area contributed by atoms with E-state index in [9.17, 15) is 9.59 Å². The number of benzene rings is 1. The first kappa shape index (κ1) is 12.2. The molecule has 1 atom stereocenters. The molecule has 1 aromatic rings. The van der Waals surface area contributed by atoms with Crippen molar-refractivity contribution in [2.24, 2.45) is 0 Å². The molecule has 18 heavy (non-hydrogen) atoms. The first-order valence-corrected chi connectivity index (χ1v) is 5.80. The van der Waals surface area contributed by atoms with Crippen LogP contribution in [0.15, 0.2) is 12.1 Å². The maximum Gasteiger partial charge on any atom is 0.254 e. The molecule has 2 amide bonds. The molecule has 0 saturated carbocycles. The van der Waals surface area contributed by atoms with E-state index in [4.69, 9.17) is 6.42 Å². The summed E-state index contributed by atoms with van der Waals surface area (Å²) in [6.07, 6.45) is 5.99. The Labute approximate surface area is 106 Å². The fourth-order valence-electron chi connectivity index (χ4n) is 2.01. The normalized spacial score (nSPS) is 18.2. The minimum atomic E-state index is -0.518. The fraction of sp³-hybridized carbons (Fsp3) is 0.286. The van der Waals surface area contributed by atoms with Gasteiger partial charge in [0.1, 0.15) is 6.04 Å². The maximum atomic E-state index is 12.0. The van der Waals surface area contributed by atoms with Gasteiger partial charge in [-0.2, -0.15) is 0 Å². The van der Waals surface area contributed by atoms with E-state index in [-0.39, 0.29) is 11.8 Å². The summed E-state index contributed by atoms with van der Waals surface area (Å²) in [5.41, 5.74) is 2.28. The number of carbonyl (C=O) groups excluding carboxylic acids is 2. The van der Waals surface area contributed by atoms with Crippen molar-refractivity contribution in [3.05, 3.63) is 28.8 Å². The molecule has 0 aromatic heterocycles. The Morgan fingerprint density at radius 2 is 2.11 bits per heavy atom. The maximum absolute atomic E-state index is 12.0. The molecule has 0 bridgehead atoms. The first-order valence-electron chi connectivity index (χ1n) is 5.80. The predicted molar refractivity (Wildman–Crippen MR) is 69.3 cm³/mol. The van der Waals surface area contributed by atoms with E-state index in [0.29, 0.717) is 23.2 Å². The van der Waals surface area contributed by atoms with E-state index < -0.39 is 6.04 Å². The molecular formula is C14H14N2O2. The number of hydrogen-bond donors (Lipinski definition) is 2. The second-order valence-electron chi connectivity index (χ2n) is 4.25. The third kappa shape index (κ3) is 1.84. The molecule has 0 radical (unpaired) electrons. The van der Waals surface area contributed by atoms with Gasteiger partial charge in [0.2, 0.25) is 5.91 Å². The van der Waals surface area contributed by atoms with Crippen molar-refractivity contribution in [2.75, 3.05) is 5.32 Å². The summed E-state index contributed by atoms with van der Waals surface area (Å²) in [7, 11) is 0. The van der Waals surface area contributed by atoms with Crippen LogP contribution in [0.25, 0.3) is 0 Å². The number of anilines is 1. The van der Waals surface area contributed by atoms with Gasteiger partial charge in [0.15, 0.2) is 0 Å². The van der Waals surface area contributed by atoms with Gasteiger partial charge in [0.05, 0.1) is 16.8 Å². The van der Waals surface area contributed by atoms with Crippen molar-refractivity contribution in [3.8, 4) is 12.3 Å². The van der Waals surface area contributed by atoms with Crippen molar-refractivity contribution in [1.82, 2.24) is 5.32 Å². The minimum absolute atomic E-state index is 0.230. The fourth-order valence-corrected chi connectivity index (χ4v) is 2.01. The monoisotopic (exact) mass is 242 g/mol. The minimum Gasteiger partial charge on any atom is -0.340 e. The van der Waals surface area contributed by atoms with Gasteiger partial charge in [0, 0.05) is 0 Å². The van der Waals surface area contributed by atoms with Gasteiger partial charge in [0.25, 0.3) is 5.91 Å². The highest BCUT2D eigenvalue weighted by Crippen LogP contribution is 2.26. The van der Waals surface area contributed by atoms with E-state index in [0.717, 1.165) is 5.56 Å². The van der Waals surface area contributed by atoms with Gasteiger partial charge in [-0.15, -0.1) is 6.42 Å². The van der Waals surface area contributed by atoms with Crippen LogP contribution in [0.4, 0.5) is 5.69 Å². The standard InChI is InChI=1S/C14H14N2O2/c1-4-9-8(3)6-7-10-12(9)16-14(18)11(5-2)15-13(10)17/h1,6-7,11H,5H2,2-3H3,(H,15,17)(H,16,18). The Kier molecular flexibility index (Phi) is 3.07. The second kappa shape index (κ2) is 4.53. The highest BCUT2D eigenvalue weighted by atomic mass is 16.2. The smallest absolute Gasteiger partial charge is 0.254 e. The van der Waals surface area contributed by atoms with Crippen molar-refractivity contribution in [2.45, 2.75) is 26.3 Å². The number of carbonyl (C=O) groups is 2. The van der Waals surface area contributed by atoms with Gasteiger partial charge >= 0.3 is 0 Å². The summed E-state index contributed by atoms with van der Waals surface area (Å²) in [5.74, 6) is 2.03. The Hall–Kier alpha value is -2.28. The molecule has 1 aromatic carbocycles. The lowest BCUT2D eigenvalue weighted by Crippen LogP contribution is -2.40. The number of terminal acetylenes is 1. The summed E-state index contributed by atoms with van der Waals surface area (Å²) in [6, 6.07) is 2.95. The van der Waals surface area contributed by atoms with Crippen LogP contribution in [0, 0.1) is 19.3 Å². The molecule has 0 saturated heterocycles. The second-order valence-corrected chi connectivity index (χ2v) is 4.25. The number of nitrogens with one attached hydrogen (secondary N) is 2. The average Bonchev–Trinajstić information content (AvgIpc) is 2.46. The van der Waals surface area contributed by atoms with Crippen molar-refractivity contribution in [1.29, 1.82) is 0 Å². The van der Waals surface area contributed by atoms with Gasteiger partial charge < -0.3 is 10.6 Å². The summed E-state index contributed by atoms with van der Waals surface area (Å²) < 4.78 is 0. The van der Waals surface area contributed by atoms with Crippen LogP contribution < -0.4 is 10.6 Å². The molecule has 1 unspecified atom stereocenters. The molecular weight excluding hydrogens is 228 g/mol. The Bertz CT molecular complexity index is 570. The van der Waals surface area contributed by atoms with E-state index in [1.54, 1.807) is 12.1 Å². The van der Waals surface area contributed by atoms with Crippen molar-refractivity contribution in [3.63, 3.8) is 0 Å². The Morgan fingerprint density at radius 1 is 1.39 bits per heavy atom. The Balaban J connectivity index is 2.60. The molecule has 2 rings (SSSR count). The molecule has 1 heterocycles. The van der Waals surface area contributed by atoms with Crippen LogP contribution in [0.5, 0.6) is 0 Å². The van der Waals surface area contributed by atoms with Crippen molar-refractivity contribution >= 4 is 17.5 Å². The highest BCUT2D eigenvalue weighted by Gasteiger charge is 2.28. The number of fused-ring (bicyclic) bond motifs is 1. The lowest BCUT2D eigenvalue weighted by atomic mass is 10.0. The lowest BCUT2D eigenvalue weighted by molar-refractivity contribution is -0.117. The molecule has 1 aliphatic rings. The third-order valence-electron chi connectivity index (χ3n) is 3.08. The van der Waals surface area contributed by atoms with Gasteiger partial charge in [-0.1, -0.05) is 18.9 Å². The van der Waals surface area contributed by atoms with E-state index in [1.807, 2.05) is 13.8 Å². The highest BCUT2D eigenvalue weighted by molar-refractivity contribution is 6.11. The predicted octanol–water partition coefficient (Wildman–Crippen LogP) is 1.44. The van der Waals surface area contributed by atoms with Crippen molar-refractivity contribution < 1.29 is 9.59 Å². The third-order valence-corrected chi connectivity index (χ3v) is 3.08. The number of hydrogen-bond acceptors (Lipinski definition) is 2. The van der Waals surface area contributed by atoms with E-state index in [2.05, 4.69) is 16.6 Å². The molecule has 2 N–H and O–H groups in total. The van der Waals surface area contributed by atoms with Crippen LogP contribution in [-0.4, -0.2) is 17.9 Å². The Morgan fingerprint density at radius 3 is 2.72 bits per heavy atom. The molecule has 4 heteroatoms. The first-order chi connectivity index (χ1) is 8.58. The summed E-state index contributed by atoms with van der Waals surface area (Å²) in [4.78, 5) is 24.0. The molecule has 4 nitrogen and oxygen atoms in total. The van der Waals surface area contributed by atoms with E-state index in [1.165, 1.54) is 0 Å². The molecule has 0 aliphatic carbocycles. The summed E-state index contributed by atoms with van der Waals surface area (Å²) in [5, 5.41) is 5.44. The number of aryl methyl sites for hydroxylation is 1. The number of amides is 2. The average molecular weight is 242 g/mol. The molecule has 0 fully saturated rings. The van der Waals surface area contributed by atoms with Crippen LogP contribution in [0.2, 0.25) is 0 Å². The SMILES string of the molecule is C#Cc1c(C)ccc2c1NC(=O)C(CC)NC2=O. The topological polar surface area (TPSA) is 58.2 Å². The van der Waals surface area contributed by atoms with Crippen LogP contribution in [-0.2, 0) is 4.79 Å². The largest absolute Gasteiger partial charge is 0.340 e. The zero-order valence-electron chi connectivity index (χ0n) is 10.3. The zero-order valence-corrected chi connectivity index (χ0v) is 10.3. The zero-order chi connectivity index (χ0) is 13.3. The van der Waals surface area contributed by atoms with Crippen LogP contribution in [0.3, 0.4) is 0 Å². The molecule has 0 spiro atoms. The number of rotatable bonds is 1. The molecule has 1 aliphatic heterocycles. The lowest BCUT2D eigenvalue weighted by Gasteiger charge is -2.11.